The van der Waals surface area contributed by atoms with Gasteiger partial charge < -0.3 is 16.8 Å². The summed E-state index contributed by atoms with van der Waals surface area (Å²) < 4.78 is 0. The van der Waals surface area contributed by atoms with Gasteiger partial charge in [0.25, 0.3) is 0 Å². The number of nitrogen functional groups attached to an aromatic ring is 2. The molecule has 5 N–H and O–H groups in total. The van der Waals surface area contributed by atoms with E-state index in [2.05, 4.69) is 41.7 Å². The normalized spacial score (nSPS) is 13.1. The van der Waals surface area contributed by atoms with Crippen LogP contribution < -0.4 is 16.8 Å². The first-order valence-electron chi connectivity index (χ1n) is 7.33. The number of benzene rings is 3. The number of nitrogens with two attached hydrogens (primary N) is 2. The fourth-order valence-electron chi connectivity index (χ4n) is 3.18. The Morgan fingerprint density at radius 2 is 1.23 bits per heavy atom. The second kappa shape index (κ2) is 4.81. The van der Waals surface area contributed by atoms with Crippen molar-refractivity contribution >= 4 is 22.7 Å². The molecule has 1 aliphatic rings. The van der Waals surface area contributed by atoms with Crippen LogP contribution in [-0.4, -0.2) is 0 Å². The quantitative estimate of drug-likeness (QED) is 0.462. The lowest BCUT2D eigenvalue weighted by atomic mass is 9.81. The molecule has 0 saturated heterocycles. The summed E-state index contributed by atoms with van der Waals surface area (Å²) in [6, 6.07) is 22.6. The lowest BCUT2D eigenvalue weighted by Crippen LogP contribution is -2.14. The Balaban J connectivity index is 1.97. The van der Waals surface area contributed by atoms with Crippen molar-refractivity contribution in [1.82, 2.24) is 0 Å². The summed E-state index contributed by atoms with van der Waals surface area (Å²) in [6.07, 6.45) is 0. The standard InChI is InChI=1S/C19H17N3/c20-13-6-8-15-17(10-13)22-18-11-14(21)7-9-16(18)19(15)12-4-2-1-3-5-12/h1-11,19,22H,20-21H2. The SMILES string of the molecule is Nc1ccc2c(c1)Nc1cc(N)ccc1C2c1ccccc1. The minimum atomic E-state index is 0.189. The van der Waals surface area contributed by atoms with Crippen molar-refractivity contribution in [3.8, 4) is 0 Å². The lowest BCUT2D eigenvalue weighted by molar-refractivity contribution is 0.965. The van der Waals surface area contributed by atoms with Crippen molar-refractivity contribution in [2.45, 2.75) is 5.92 Å². The third kappa shape index (κ3) is 1.99. The summed E-state index contributed by atoms with van der Waals surface area (Å²) in [7, 11) is 0. The molecule has 1 aliphatic heterocycles. The van der Waals surface area contributed by atoms with Gasteiger partial charge in [0.2, 0.25) is 0 Å². The smallest absolute Gasteiger partial charge is 0.0447 e. The summed E-state index contributed by atoms with van der Waals surface area (Å²) in [6.45, 7) is 0. The van der Waals surface area contributed by atoms with E-state index in [1.165, 1.54) is 16.7 Å². The van der Waals surface area contributed by atoms with Crippen LogP contribution in [0.3, 0.4) is 0 Å². The van der Waals surface area contributed by atoms with Gasteiger partial charge in [0.05, 0.1) is 0 Å². The Morgan fingerprint density at radius 3 is 1.77 bits per heavy atom. The lowest BCUT2D eigenvalue weighted by Gasteiger charge is -2.30. The van der Waals surface area contributed by atoms with Crippen LogP contribution in [0.4, 0.5) is 22.7 Å². The molecule has 0 radical (unpaired) electrons. The maximum Gasteiger partial charge on any atom is 0.0447 e. The van der Waals surface area contributed by atoms with Crippen LogP contribution in [0.1, 0.15) is 22.6 Å². The van der Waals surface area contributed by atoms with Gasteiger partial charge in [-0.25, -0.2) is 0 Å². The number of nitrogens with one attached hydrogen (secondary N) is 1. The molecule has 3 aromatic carbocycles. The largest absolute Gasteiger partial charge is 0.399 e. The Bertz CT molecular complexity index is 789. The molecule has 0 saturated carbocycles. The van der Waals surface area contributed by atoms with Gasteiger partial charge in [-0.05, 0) is 41.0 Å². The van der Waals surface area contributed by atoms with E-state index in [9.17, 15) is 0 Å². The molecule has 0 bridgehead atoms. The summed E-state index contributed by atoms with van der Waals surface area (Å²) in [5, 5.41) is 3.46. The van der Waals surface area contributed by atoms with E-state index < -0.39 is 0 Å². The van der Waals surface area contributed by atoms with Gasteiger partial charge in [0, 0.05) is 28.7 Å². The van der Waals surface area contributed by atoms with Gasteiger partial charge in [0.1, 0.15) is 0 Å². The van der Waals surface area contributed by atoms with E-state index in [0.717, 1.165) is 22.7 Å². The van der Waals surface area contributed by atoms with Gasteiger partial charge in [-0.1, -0.05) is 42.5 Å². The van der Waals surface area contributed by atoms with Crippen LogP contribution in [0.5, 0.6) is 0 Å². The van der Waals surface area contributed by atoms with E-state index in [1.54, 1.807) is 0 Å². The zero-order valence-corrected chi connectivity index (χ0v) is 12.1. The van der Waals surface area contributed by atoms with Crippen LogP contribution in [0.15, 0.2) is 66.7 Å². The van der Waals surface area contributed by atoms with Gasteiger partial charge >= 0.3 is 0 Å². The predicted molar refractivity (Wildman–Crippen MR) is 92.4 cm³/mol. The Kier molecular flexibility index (Phi) is 2.79. The highest BCUT2D eigenvalue weighted by Gasteiger charge is 2.26. The Hall–Kier alpha value is -2.94. The highest BCUT2D eigenvalue weighted by atomic mass is 14.9. The minimum absolute atomic E-state index is 0.189. The van der Waals surface area contributed by atoms with Crippen LogP contribution in [-0.2, 0) is 0 Å². The maximum atomic E-state index is 5.95. The van der Waals surface area contributed by atoms with Crippen molar-refractivity contribution in [3.63, 3.8) is 0 Å². The molecule has 4 rings (SSSR count). The van der Waals surface area contributed by atoms with Crippen molar-refractivity contribution in [2.75, 3.05) is 16.8 Å². The molecule has 0 spiro atoms. The van der Waals surface area contributed by atoms with Crippen molar-refractivity contribution in [1.29, 1.82) is 0 Å². The molecule has 108 valence electrons. The third-order valence-corrected chi connectivity index (χ3v) is 4.18. The minimum Gasteiger partial charge on any atom is -0.399 e. The highest BCUT2D eigenvalue weighted by Crippen LogP contribution is 2.45. The predicted octanol–water partition coefficient (Wildman–Crippen LogP) is 4.09. The second-order valence-corrected chi connectivity index (χ2v) is 5.66. The molecule has 3 aromatic rings. The molecule has 1 heterocycles. The maximum absolute atomic E-state index is 5.95. The number of hydrogen-bond donors (Lipinski definition) is 3. The fraction of sp³-hybridized carbons (Fsp3) is 0.0526. The second-order valence-electron chi connectivity index (χ2n) is 5.66. The molecule has 22 heavy (non-hydrogen) atoms. The molecular weight excluding hydrogens is 270 g/mol. The molecular formula is C19H17N3. The first-order chi connectivity index (χ1) is 10.7. The van der Waals surface area contributed by atoms with Crippen molar-refractivity contribution < 1.29 is 0 Å². The molecule has 3 heteroatoms. The zero-order valence-electron chi connectivity index (χ0n) is 12.1. The summed E-state index contributed by atoms with van der Waals surface area (Å²) in [5.41, 5.74) is 19.2. The number of fused-ring (bicyclic) bond motifs is 2. The molecule has 0 amide bonds. The van der Waals surface area contributed by atoms with Gasteiger partial charge in [-0.2, -0.15) is 0 Å². The first-order valence-corrected chi connectivity index (χ1v) is 7.33. The van der Waals surface area contributed by atoms with Crippen molar-refractivity contribution in [2.24, 2.45) is 0 Å². The van der Waals surface area contributed by atoms with Crippen LogP contribution >= 0.6 is 0 Å². The van der Waals surface area contributed by atoms with Crippen molar-refractivity contribution in [3.05, 3.63) is 83.4 Å². The fourth-order valence-corrected chi connectivity index (χ4v) is 3.18. The molecule has 0 aromatic heterocycles. The van der Waals surface area contributed by atoms with Gasteiger partial charge in [-0.15, -0.1) is 0 Å². The monoisotopic (exact) mass is 287 g/mol. The number of rotatable bonds is 1. The Labute approximate surface area is 129 Å². The molecule has 0 unspecified atom stereocenters. The van der Waals surface area contributed by atoms with Gasteiger partial charge in [0.15, 0.2) is 0 Å². The van der Waals surface area contributed by atoms with Crippen LogP contribution in [0.2, 0.25) is 0 Å². The van der Waals surface area contributed by atoms with E-state index in [1.807, 2.05) is 30.3 Å². The summed E-state index contributed by atoms with van der Waals surface area (Å²) >= 11 is 0. The first kappa shape index (κ1) is 12.8. The Morgan fingerprint density at radius 1 is 0.682 bits per heavy atom. The molecule has 0 atom stereocenters. The number of hydrogen-bond acceptors (Lipinski definition) is 3. The average Bonchev–Trinajstić information content (AvgIpc) is 2.53. The van der Waals surface area contributed by atoms with Crippen LogP contribution in [0, 0.1) is 0 Å². The van der Waals surface area contributed by atoms with E-state index >= 15 is 0 Å². The number of anilines is 4. The topological polar surface area (TPSA) is 64.1 Å². The van der Waals surface area contributed by atoms with Gasteiger partial charge in [-0.3, -0.25) is 0 Å². The van der Waals surface area contributed by atoms with E-state index in [-0.39, 0.29) is 5.92 Å². The van der Waals surface area contributed by atoms with E-state index in [4.69, 9.17) is 11.5 Å². The summed E-state index contributed by atoms with van der Waals surface area (Å²) in [5.74, 6) is 0.189. The average molecular weight is 287 g/mol. The zero-order chi connectivity index (χ0) is 15.1. The summed E-state index contributed by atoms with van der Waals surface area (Å²) in [4.78, 5) is 0. The highest BCUT2D eigenvalue weighted by molar-refractivity contribution is 5.79. The van der Waals surface area contributed by atoms with Crippen LogP contribution in [0.25, 0.3) is 0 Å². The molecule has 3 nitrogen and oxygen atoms in total. The third-order valence-electron chi connectivity index (χ3n) is 4.18. The van der Waals surface area contributed by atoms with E-state index in [0.29, 0.717) is 0 Å². The molecule has 0 aliphatic carbocycles. The molecule has 0 fully saturated rings.